The van der Waals surface area contributed by atoms with Gasteiger partial charge in [-0.2, -0.15) is 0 Å². The van der Waals surface area contributed by atoms with E-state index in [2.05, 4.69) is 106 Å². The number of ether oxygens (including phenoxy) is 3. The Kier molecular flexibility index (Phi) is 46.5. The van der Waals surface area contributed by atoms with Crippen molar-refractivity contribution < 1.29 is 28.6 Å². The molecule has 0 aliphatic carbocycles. The number of allylic oxidation sites excluding steroid dienone is 14. The van der Waals surface area contributed by atoms with E-state index in [0.29, 0.717) is 19.3 Å². The molecule has 6 heteroatoms. The summed E-state index contributed by atoms with van der Waals surface area (Å²) in [7, 11) is 0. The second kappa shape index (κ2) is 49.2. The molecule has 0 N–H and O–H groups in total. The summed E-state index contributed by atoms with van der Waals surface area (Å²) in [5.74, 6) is -0.982. The minimum Gasteiger partial charge on any atom is -0.462 e. The first-order valence-corrected chi connectivity index (χ1v) is 25.1. The highest BCUT2D eigenvalue weighted by molar-refractivity contribution is 5.71. The molecule has 61 heavy (non-hydrogen) atoms. The van der Waals surface area contributed by atoms with Gasteiger partial charge >= 0.3 is 17.9 Å². The van der Waals surface area contributed by atoms with Crippen molar-refractivity contribution in [2.45, 2.75) is 232 Å². The van der Waals surface area contributed by atoms with Crippen LogP contribution in [0.2, 0.25) is 0 Å². The zero-order valence-corrected chi connectivity index (χ0v) is 39.7. The van der Waals surface area contributed by atoms with E-state index < -0.39 is 6.10 Å². The average Bonchev–Trinajstić information content (AvgIpc) is 3.26. The molecule has 6 nitrogen and oxygen atoms in total. The molecule has 348 valence electrons. The van der Waals surface area contributed by atoms with Gasteiger partial charge in [-0.1, -0.05) is 202 Å². The molecule has 0 heterocycles. The maximum absolute atomic E-state index is 12.7. The van der Waals surface area contributed by atoms with Gasteiger partial charge in [0.25, 0.3) is 0 Å². The summed E-state index contributed by atoms with van der Waals surface area (Å²) in [6.45, 7) is 6.37. The normalized spacial score (nSPS) is 12.8. The van der Waals surface area contributed by atoms with Gasteiger partial charge in [-0.05, 0) is 89.9 Å². The summed E-state index contributed by atoms with van der Waals surface area (Å²) in [4.78, 5) is 37.6. The van der Waals surface area contributed by atoms with E-state index >= 15 is 0 Å². The number of rotatable bonds is 44. The van der Waals surface area contributed by atoms with Crippen molar-refractivity contribution in [3.8, 4) is 0 Å². The molecule has 0 aromatic rings. The summed E-state index contributed by atoms with van der Waals surface area (Å²) >= 11 is 0. The topological polar surface area (TPSA) is 78.9 Å². The first kappa shape index (κ1) is 57.6. The zero-order valence-electron chi connectivity index (χ0n) is 39.7. The fourth-order valence-electron chi connectivity index (χ4n) is 6.62. The highest BCUT2D eigenvalue weighted by Gasteiger charge is 2.19. The lowest BCUT2D eigenvalue weighted by atomic mass is 10.1. The lowest BCUT2D eigenvalue weighted by Gasteiger charge is -2.18. The number of hydrogen-bond donors (Lipinski definition) is 0. The second-order valence-electron chi connectivity index (χ2n) is 16.3. The van der Waals surface area contributed by atoms with Gasteiger partial charge in [-0.15, -0.1) is 0 Å². The van der Waals surface area contributed by atoms with Crippen molar-refractivity contribution in [1.82, 2.24) is 0 Å². The predicted molar refractivity (Wildman–Crippen MR) is 261 cm³/mol. The standard InChI is InChI=1S/C55H92O6/c1-4-7-10-13-15-17-19-21-23-25-26-27-28-30-31-33-35-37-39-42-45-48-54(57)60-51-52(50-59-53(56)47-44-41-12-9-6-3)61-55(58)49-46-43-40-38-36-34-32-29-24-22-20-18-16-14-11-8-5-2/h8,11,16,18-19,21-22,24-26,32,34,38,40,52H,4-7,9-10,12-15,17,20,23,27-31,33,35-37,39,41-51H2,1-3H3/b11-8-,18-16-,21-19-,24-22-,26-25-,34-32-,40-38-. The molecule has 0 aromatic heterocycles. The predicted octanol–water partition coefficient (Wildman–Crippen LogP) is 16.4. The zero-order chi connectivity index (χ0) is 44.4. The third-order valence-corrected chi connectivity index (χ3v) is 10.4. The molecule has 1 unspecified atom stereocenters. The third kappa shape index (κ3) is 47.5. The molecule has 0 rings (SSSR count). The number of carbonyl (C=O) groups excluding carboxylic acids is 3. The van der Waals surface area contributed by atoms with Crippen LogP contribution in [0.15, 0.2) is 85.1 Å². The van der Waals surface area contributed by atoms with Crippen molar-refractivity contribution >= 4 is 17.9 Å². The van der Waals surface area contributed by atoms with Crippen molar-refractivity contribution in [3.63, 3.8) is 0 Å². The van der Waals surface area contributed by atoms with E-state index in [1.165, 1.54) is 83.5 Å². The molecule has 0 aliphatic rings. The van der Waals surface area contributed by atoms with E-state index in [9.17, 15) is 14.4 Å². The lowest BCUT2D eigenvalue weighted by Crippen LogP contribution is -2.30. The molecule has 0 saturated heterocycles. The molecular formula is C55H92O6. The maximum Gasteiger partial charge on any atom is 0.306 e. The Hall–Kier alpha value is -3.41. The monoisotopic (exact) mass is 849 g/mol. The quantitative estimate of drug-likeness (QED) is 0.0263. The molecule has 0 aliphatic heterocycles. The molecule has 0 amide bonds. The molecule has 0 aromatic carbocycles. The van der Waals surface area contributed by atoms with Crippen LogP contribution < -0.4 is 0 Å². The fourth-order valence-corrected chi connectivity index (χ4v) is 6.62. The highest BCUT2D eigenvalue weighted by Crippen LogP contribution is 2.13. The largest absolute Gasteiger partial charge is 0.462 e. The van der Waals surface area contributed by atoms with E-state index in [0.717, 1.165) is 96.3 Å². The summed E-state index contributed by atoms with van der Waals surface area (Å²) in [6, 6.07) is 0. The molecule has 0 radical (unpaired) electrons. The minimum atomic E-state index is -0.804. The van der Waals surface area contributed by atoms with E-state index in [1.54, 1.807) is 0 Å². The van der Waals surface area contributed by atoms with E-state index in [4.69, 9.17) is 14.2 Å². The van der Waals surface area contributed by atoms with Crippen molar-refractivity contribution in [2.24, 2.45) is 0 Å². The Morgan fingerprint density at radius 2 is 0.656 bits per heavy atom. The van der Waals surface area contributed by atoms with Crippen LogP contribution in [-0.2, 0) is 28.6 Å². The van der Waals surface area contributed by atoms with Crippen molar-refractivity contribution in [1.29, 1.82) is 0 Å². The van der Waals surface area contributed by atoms with E-state index in [-0.39, 0.29) is 37.5 Å². The highest BCUT2D eigenvalue weighted by atomic mass is 16.6. The van der Waals surface area contributed by atoms with Gasteiger partial charge in [-0.3, -0.25) is 14.4 Å². The average molecular weight is 849 g/mol. The molecule has 0 bridgehead atoms. The first-order chi connectivity index (χ1) is 30.0. The Labute approximate surface area is 375 Å². The number of unbranched alkanes of at least 4 members (excludes halogenated alkanes) is 19. The van der Waals surface area contributed by atoms with Crippen LogP contribution in [0.3, 0.4) is 0 Å². The van der Waals surface area contributed by atoms with Gasteiger partial charge in [0, 0.05) is 19.3 Å². The Morgan fingerprint density at radius 3 is 1.05 bits per heavy atom. The smallest absolute Gasteiger partial charge is 0.306 e. The molecule has 0 fully saturated rings. The minimum absolute atomic E-state index is 0.102. The Morgan fingerprint density at radius 1 is 0.344 bits per heavy atom. The number of carbonyl (C=O) groups is 3. The number of hydrogen-bond acceptors (Lipinski definition) is 6. The van der Waals surface area contributed by atoms with Gasteiger partial charge < -0.3 is 14.2 Å². The number of esters is 3. The third-order valence-electron chi connectivity index (χ3n) is 10.4. The summed E-state index contributed by atoms with van der Waals surface area (Å²) in [5.41, 5.74) is 0. The van der Waals surface area contributed by atoms with Crippen LogP contribution in [0.4, 0.5) is 0 Å². The second-order valence-corrected chi connectivity index (χ2v) is 16.3. The van der Waals surface area contributed by atoms with Crippen molar-refractivity contribution in [2.75, 3.05) is 13.2 Å². The Bertz CT molecular complexity index is 1200. The Balaban J connectivity index is 4.26. The lowest BCUT2D eigenvalue weighted by molar-refractivity contribution is -0.167. The van der Waals surface area contributed by atoms with Crippen molar-refractivity contribution in [3.05, 3.63) is 85.1 Å². The fraction of sp³-hybridized carbons (Fsp3) is 0.691. The van der Waals surface area contributed by atoms with Crippen LogP contribution in [0, 0.1) is 0 Å². The van der Waals surface area contributed by atoms with Gasteiger partial charge in [0.05, 0.1) is 0 Å². The summed E-state index contributed by atoms with van der Waals surface area (Å²) < 4.78 is 16.6. The van der Waals surface area contributed by atoms with Crippen LogP contribution in [0.1, 0.15) is 226 Å². The van der Waals surface area contributed by atoms with E-state index in [1.807, 2.05) is 0 Å². The van der Waals surface area contributed by atoms with Gasteiger partial charge in [0.2, 0.25) is 0 Å². The van der Waals surface area contributed by atoms with Gasteiger partial charge in [-0.25, -0.2) is 0 Å². The van der Waals surface area contributed by atoms with Crippen LogP contribution in [0.25, 0.3) is 0 Å². The van der Waals surface area contributed by atoms with Crippen LogP contribution in [-0.4, -0.2) is 37.2 Å². The molecule has 1 atom stereocenters. The molecule has 0 spiro atoms. The SMILES string of the molecule is CC/C=C\C/C=C\C/C=C\C/C=C\C/C=C\CCCC(=O)OC(COC(=O)CCCCCCC)COC(=O)CCCCCCCCCCC/C=C\C/C=C\CCCCCCC. The van der Waals surface area contributed by atoms with Crippen LogP contribution in [0.5, 0.6) is 0 Å². The summed E-state index contributed by atoms with van der Waals surface area (Å²) in [5, 5.41) is 0. The maximum atomic E-state index is 12.7. The molecular weight excluding hydrogens is 757 g/mol. The summed E-state index contributed by atoms with van der Waals surface area (Å²) in [6.07, 6.45) is 63.2. The van der Waals surface area contributed by atoms with Crippen LogP contribution >= 0.6 is 0 Å². The first-order valence-electron chi connectivity index (χ1n) is 25.1. The molecule has 0 saturated carbocycles. The van der Waals surface area contributed by atoms with Gasteiger partial charge in [0.15, 0.2) is 6.10 Å². The van der Waals surface area contributed by atoms with Gasteiger partial charge in [0.1, 0.15) is 13.2 Å².